The van der Waals surface area contributed by atoms with E-state index in [1.54, 1.807) is 38.1 Å². The van der Waals surface area contributed by atoms with Gasteiger partial charge in [0.05, 0.1) is 23.0 Å². The van der Waals surface area contributed by atoms with Gasteiger partial charge in [-0.25, -0.2) is 19.3 Å². The second-order valence-corrected chi connectivity index (χ2v) is 12.1. The van der Waals surface area contributed by atoms with Gasteiger partial charge in [0.1, 0.15) is 29.1 Å². The highest BCUT2D eigenvalue weighted by Gasteiger charge is 2.35. The lowest BCUT2D eigenvalue weighted by Crippen LogP contribution is -2.34. The number of nitrogens with zero attached hydrogens (tertiary/aromatic N) is 6. The zero-order valence-electron chi connectivity index (χ0n) is 24.2. The van der Waals surface area contributed by atoms with Crippen LogP contribution in [0.25, 0.3) is 22.3 Å². The van der Waals surface area contributed by atoms with Crippen LogP contribution in [0.15, 0.2) is 36.5 Å². The second kappa shape index (κ2) is 10.5. The number of ether oxygens (including phenoxy) is 1. The zero-order valence-corrected chi connectivity index (χ0v) is 24.9. The fraction of sp³-hybridized carbons (Fsp3) is 0.400. The highest BCUT2D eigenvalue weighted by atomic mass is 35.5. The summed E-state index contributed by atoms with van der Waals surface area (Å²) >= 11 is 6.54. The van der Waals surface area contributed by atoms with Crippen LogP contribution in [-0.2, 0) is 5.60 Å². The molecule has 0 saturated carbocycles. The van der Waals surface area contributed by atoms with Crippen molar-refractivity contribution in [2.45, 2.75) is 44.9 Å². The molecule has 12 heteroatoms. The highest BCUT2D eigenvalue weighted by molar-refractivity contribution is 6.33. The Hall–Kier alpha value is -3.80. The molecule has 0 unspecified atom stereocenters. The molecular formula is C30H33ClFN7O3. The van der Waals surface area contributed by atoms with Crippen LogP contribution < -0.4 is 10.1 Å². The number of aliphatic hydroxyl groups is 1. The van der Waals surface area contributed by atoms with Crippen LogP contribution in [0.5, 0.6) is 5.75 Å². The van der Waals surface area contributed by atoms with Gasteiger partial charge in [-0.2, -0.15) is 0 Å². The summed E-state index contributed by atoms with van der Waals surface area (Å²) in [6.07, 6.45) is 2.40. The van der Waals surface area contributed by atoms with E-state index in [9.17, 15) is 9.90 Å². The maximum absolute atomic E-state index is 15.5. The first-order chi connectivity index (χ1) is 19.9. The van der Waals surface area contributed by atoms with Gasteiger partial charge in [-0.1, -0.05) is 11.6 Å². The summed E-state index contributed by atoms with van der Waals surface area (Å²) < 4.78 is 23.4. The van der Waals surface area contributed by atoms with E-state index < -0.39 is 11.4 Å². The summed E-state index contributed by atoms with van der Waals surface area (Å²) in [5.41, 5.74) is 1.19. The smallest absolute Gasteiger partial charge is 0.253 e. The first-order valence-corrected chi connectivity index (χ1v) is 14.3. The molecule has 4 heterocycles. The molecule has 0 bridgehead atoms. The molecule has 2 aliphatic rings. The van der Waals surface area contributed by atoms with E-state index in [-0.39, 0.29) is 34.1 Å². The minimum Gasteiger partial charge on any atom is -0.488 e. The molecule has 1 saturated heterocycles. The van der Waals surface area contributed by atoms with E-state index in [0.29, 0.717) is 53.1 Å². The van der Waals surface area contributed by atoms with Gasteiger partial charge in [-0.05, 0) is 71.6 Å². The largest absolute Gasteiger partial charge is 0.488 e. The van der Waals surface area contributed by atoms with Crippen molar-refractivity contribution in [2.24, 2.45) is 0 Å². The number of nitrogens with one attached hydrogen (secondary N) is 1. The molecule has 10 nitrogen and oxygen atoms in total. The van der Waals surface area contributed by atoms with Crippen LogP contribution in [0.2, 0.25) is 5.02 Å². The molecule has 2 N–H and O–H groups in total. The van der Waals surface area contributed by atoms with Gasteiger partial charge >= 0.3 is 0 Å². The van der Waals surface area contributed by atoms with Crippen LogP contribution in [-0.4, -0.2) is 80.2 Å². The number of rotatable bonds is 6. The molecule has 2 aromatic heterocycles. The first kappa shape index (κ1) is 28.3. The molecule has 4 aromatic rings. The number of carbonyl (C=O) groups excluding carboxylic acids is 1. The predicted molar refractivity (Wildman–Crippen MR) is 159 cm³/mol. The van der Waals surface area contributed by atoms with Gasteiger partial charge in [0.15, 0.2) is 11.6 Å². The Labute approximate surface area is 248 Å². The fourth-order valence-electron chi connectivity index (χ4n) is 5.64. The molecular weight excluding hydrogens is 561 g/mol. The van der Waals surface area contributed by atoms with Crippen LogP contribution in [0.4, 0.5) is 16.0 Å². The minimum absolute atomic E-state index is 0.00335. The van der Waals surface area contributed by atoms with Crippen molar-refractivity contribution < 1.29 is 19.0 Å². The van der Waals surface area contributed by atoms with E-state index in [1.165, 1.54) is 12.3 Å². The average molecular weight is 594 g/mol. The van der Waals surface area contributed by atoms with E-state index >= 15 is 4.39 Å². The lowest BCUT2D eigenvalue weighted by molar-refractivity contribution is 0.0615. The summed E-state index contributed by atoms with van der Waals surface area (Å²) in [6, 6.07) is 8.63. The van der Waals surface area contributed by atoms with Crippen molar-refractivity contribution in [1.82, 2.24) is 29.3 Å². The summed E-state index contributed by atoms with van der Waals surface area (Å²) in [5, 5.41) is 14.1. The quantitative estimate of drug-likeness (QED) is 0.322. The Bertz CT molecular complexity index is 1680. The average Bonchev–Trinajstić information content (AvgIpc) is 3.60. The van der Waals surface area contributed by atoms with Crippen LogP contribution in [0, 0.1) is 5.82 Å². The lowest BCUT2D eigenvalue weighted by Gasteiger charge is -2.28. The summed E-state index contributed by atoms with van der Waals surface area (Å²) in [6.45, 7) is 6.91. The highest BCUT2D eigenvalue weighted by Crippen LogP contribution is 2.45. The Balaban J connectivity index is 1.30. The molecule has 220 valence electrons. The van der Waals surface area contributed by atoms with Gasteiger partial charge in [0.2, 0.25) is 5.95 Å². The van der Waals surface area contributed by atoms with Gasteiger partial charge < -0.3 is 29.5 Å². The van der Waals surface area contributed by atoms with E-state index in [4.69, 9.17) is 16.3 Å². The standard InChI is InChI=1S/C30H33ClFN7O3/c1-16-15-42-26-20(12-22(32)24-25(26)39(16)28(35-24)30(2,3)41)23-21(31)13-33-29(36-23)34-18-8-6-17(7-9-18)27(40)38-11-10-19(14-38)37(4)5/h6-9,12-13,16,19,41H,10-11,14-15H2,1-5H3,(H,33,34,36)/t16-,19+/m0/s1. The van der Waals surface area contributed by atoms with Gasteiger partial charge in [0, 0.05) is 35.9 Å². The molecule has 2 atom stereocenters. The molecule has 1 fully saturated rings. The number of likely N-dealkylation sites (N-methyl/N-ethyl adjacent to an activating group) is 1. The van der Waals surface area contributed by atoms with Crippen molar-refractivity contribution in [1.29, 1.82) is 0 Å². The maximum atomic E-state index is 15.5. The summed E-state index contributed by atoms with van der Waals surface area (Å²) in [7, 11) is 4.06. The molecule has 2 aliphatic heterocycles. The van der Waals surface area contributed by atoms with Crippen molar-refractivity contribution in [2.75, 3.05) is 39.1 Å². The number of amides is 1. The molecule has 0 spiro atoms. The number of hydrogen-bond donors (Lipinski definition) is 2. The third kappa shape index (κ3) is 4.95. The van der Waals surface area contributed by atoms with Crippen molar-refractivity contribution in [3.05, 3.63) is 58.8 Å². The van der Waals surface area contributed by atoms with E-state index in [2.05, 4.69) is 25.2 Å². The number of halogens is 2. The number of aromatic nitrogens is 4. The summed E-state index contributed by atoms with van der Waals surface area (Å²) in [5.74, 6) is 0.407. The van der Waals surface area contributed by atoms with E-state index in [1.807, 2.05) is 30.5 Å². The zero-order chi connectivity index (χ0) is 29.9. The van der Waals surface area contributed by atoms with Crippen LogP contribution in [0.3, 0.4) is 0 Å². The Morgan fingerprint density at radius 1 is 1.24 bits per heavy atom. The summed E-state index contributed by atoms with van der Waals surface area (Å²) in [4.78, 5) is 30.4. The number of anilines is 2. The number of benzene rings is 2. The van der Waals surface area contributed by atoms with Crippen LogP contribution in [0.1, 0.15) is 49.4 Å². The van der Waals surface area contributed by atoms with Gasteiger partial charge in [-0.15, -0.1) is 0 Å². The number of hydrogen-bond acceptors (Lipinski definition) is 8. The van der Waals surface area contributed by atoms with Gasteiger partial charge in [-0.3, -0.25) is 4.79 Å². The molecule has 2 aromatic carbocycles. The van der Waals surface area contributed by atoms with Crippen molar-refractivity contribution in [3.8, 4) is 17.0 Å². The molecule has 6 rings (SSSR count). The van der Waals surface area contributed by atoms with Crippen molar-refractivity contribution in [3.63, 3.8) is 0 Å². The minimum atomic E-state index is -1.29. The maximum Gasteiger partial charge on any atom is 0.253 e. The Morgan fingerprint density at radius 3 is 2.64 bits per heavy atom. The normalized spacial score (nSPS) is 18.5. The molecule has 0 radical (unpaired) electrons. The van der Waals surface area contributed by atoms with Crippen molar-refractivity contribution >= 4 is 40.2 Å². The molecule has 42 heavy (non-hydrogen) atoms. The SMILES string of the molecule is C[C@H]1COc2c(-c3nc(Nc4ccc(C(=O)N5CC[C@@H](N(C)C)C5)cc4)ncc3Cl)cc(F)c3nc(C(C)(C)O)n1c23. The van der Waals surface area contributed by atoms with E-state index in [0.717, 1.165) is 13.0 Å². The topological polar surface area (TPSA) is 109 Å². The number of likely N-dealkylation sites (tertiary alicyclic amines) is 1. The molecule has 0 aliphatic carbocycles. The number of imidazole rings is 1. The second-order valence-electron chi connectivity index (χ2n) is 11.7. The Morgan fingerprint density at radius 2 is 1.98 bits per heavy atom. The lowest BCUT2D eigenvalue weighted by atomic mass is 10.1. The molecule has 1 amide bonds. The Kier molecular flexibility index (Phi) is 7.07. The third-order valence-corrected chi connectivity index (χ3v) is 8.17. The third-order valence-electron chi connectivity index (χ3n) is 7.89. The predicted octanol–water partition coefficient (Wildman–Crippen LogP) is 4.99. The van der Waals surface area contributed by atoms with Crippen LogP contribution >= 0.6 is 11.6 Å². The number of carbonyl (C=O) groups is 1. The fourth-order valence-corrected chi connectivity index (χ4v) is 5.83. The van der Waals surface area contributed by atoms with Gasteiger partial charge in [0.25, 0.3) is 5.91 Å². The first-order valence-electron chi connectivity index (χ1n) is 13.9. The monoisotopic (exact) mass is 593 g/mol.